The van der Waals surface area contributed by atoms with Gasteiger partial charge in [0, 0.05) is 11.8 Å². The molecule has 0 atom stereocenters. The van der Waals surface area contributed by atoms with E-state index in [-0.39, 0.29) is 0 Å². The lowest BCUT2D eigenvalue weighted by atomic mass is 10.1. The van der Waals surface area contributed by atoms with Gasteiger partial charge in [0.15, 0.2) is 5.69 Å². The van der Waals surface area contributed by atoms with Gasteiger partial charge in [-0.2, -0.15) is 22.0 Å². The van der Waals surface area contributed by atoms with Crippen LogP contribution in [0.4, 0.5) is 22.0 Å². The van der Waals surface area contributed by atoms with Gasteiger partial charge in [0.2, 0.25) is 0 Å². The summed E-state index contributed by atoms with van der Waals surface area (Å²) in [6, 6.07) is 0.750. The van der Waals surface area contributed by atoms with E-state index >= 15 is 0 Å². The highest BCUT2D eigenvalue weighted by atomic mass is 19.4. The van der Waals surface area contributed by atoms with E-state index in [1.165, 1.54) is 0 Å². The molecule has 9 heteroatoms. The van der Waals surface area contributed by atoms with Gasteiger partial charge in [-0.1, -0.05) is 0 Å². The SMILES string of the molecule is O=C(O)Cc1c(OC(F)F)ccnc1C(F)(F)F. The van der Waals surface area contributed by atoms with Crippen molar-refractivity contribution in [1.82, 2.24) is 4.98 Å². The summed E-state index contributed by atoms with van der Waals surface area (Å²) in [4.78, 5) is 13.4. The molecule has 4 nitrogen and oxygen atoms in total. The van der Waals surface area contributed by atoms with E-state index in [4.69, 9.17) is 5.11 Å². The molecular formula is C9H6F5NO3. The number of carboxylic acid groups (broad SMARTS) is 1. The van der Waals surface area contributed by atoms with Crippen molar-refractivity contribution >= 4 is 5.97 Å². The number of pyridine rings is 1. The summed E-state index contributed by atoms with van der Waals surface area (Å²) in [5.41, 5.74) is -2.49. The molecule has 100 valence electrons. The van der Waals surface area contributed by atoms with Crippen molar-refractivity contribution in [1.29, 1.82) is 0 Å². The minimum Gasteiger partial charge on any atom is -0.481 e. The molecule has 0 fully saturated rings. The van der Waals surface area contributed by atoms with E-state index in [9.17, 15) is 26.7 Å². The van der Waals surface area contributed by atoms with Gasteiger partial charge in [-0.3, -0.25) is 9.78 Å². The molecule has 0 spiro atoms. The van der Waals surface area contributed by atoms with E-state index in [1.807, 2.05) is 0 Å². The van der Waals surface area contributed by atoms with Crippen molar-refractivity contribution in [2.24, 2.45) is 0 Å². The van der Waals surface area contributed by atoms with Crippen LogP contribution in [0.15, 0.2) is 12.3 Å². The number of carbonyl (C=O) groups is 1. The van der Waals surface area contributed by atoms with Gasteiger partial charge in [-0.15, -0.1) is 0 Å². The number of ether oxygens (including phenoxy) is 1. The molecular weight excluding hydrogens is 265 g/mol. The van der Waals surface area contributed by atoms with E-state index < -0.39 is 42.2 Å². The minimum atomic E-state index is -4.95. The van der Waals surface area contributed by atoms with Crippen molar-refractivity contribution in [3.8, 4) is 5.75 Å². The molecule has 1 heterocycles. The fraction of sp³-hybridized carbons (Fsp3) is 0.333. The number of aromatic nitrogens is 1. The smallest absolute Gasteiger partial charge is 0.433 e. The van der Waals surface area contributed by atoms with Crippen molar-refractivity contribution in [3.63, 3.8) is 0 Å². The highest BCUT2D eigenvalue weighted by molar-refractivity contribution is 5.71. The van der Waals surface area contributed by atoms with Gasteiger partial charge >= 0.3 is 18.8 Å². The lowest BCUT2D eigenvalue weighted by Gasteiger charge is -2.14. The molecule has 0 aliphatic carbocycles. The average Bonchev–Trinajstić information content (AvgIpc) is 2.17. The molecule has 0 unspecified atom stereocenters. The Balaban J connectivity index is 3.30. The first-order chi connectivity index (χ1) is 8.21. The van der Waals surface area contributed by atoms with Crippen LogP contribution in [-0.2, 0) is 17.4 Å². The standard InChI is InChI=1S/C9H6F5NO3/c10-8(11)18-5-1-2-15-7(9(12,13)14)4(5)3-6(16)17/h1-2,8H,3H2,(H,16,17). The number of halogens is 5. The van der Waals surface area contributed by atoms with Crippen molar-refractivity contribution in [2.45, 2.75) is 19.2 Å². The Hall–Kier alpha value is -1.93. The highest BCUT2D eigenvalue weighted by Gasteiger charge is 2.37. The first-order valence-corrected chi connectivity index (χ1v) is 4.43. The van der Waals surface area contributed by atoms with Crippen molar-refractivity contribution in [2.75, 3.05) is 0 Å². The summed E-state index contributed by atoms with van der Waals surface area (Å²) in [6.45, 7) is -3.36. The van der Waals surface area contributed by atoms with Gasteiger partial charge < -0.3 is 9.84 Å². The normalized spacial score (nSPS) is 11.7. The predicted molar refractivity (Wildman–Crippen MR) is 47.2 cm³/mol. The number of aliphatic carboxylic acids is 1. The Kier molecular flexibility index (Phi) is 4.04. The van der Waals surface area contributed by atoms with E-state index in [2.05, 4.69) is 9.72 Å². The topological polar surface area (TPSA) is 59.4 Å². The van der Waals surface area contributed by atoms with E-state index in [0.717, 1.165) is 6.07 Å². The lowest BCUT2D eigenvalue weighted by molar-refractivity contribution is -0.143. The number of carboxylic acids is 1. The third-order valence-electron chi connectivity index (χ3n) is 1.83. The Bertz CT molecular complexity index is 446. The highest BCUT2D eigenvalue weighted by Crippen LogP contribution is 2.35. The van der Waals surface area contributed by atoms with Crippen LogP contribution in [0.25, 0.3) is 0 Å². The molecule has 0 radical (unpaired) electrons. The minimum absolute atomic E-state index is 0.617. The third kappa shape index (κ3) is 3.54. The average molecular weight is 271 g/mol. The van der Waals surface area contributed by atoms with E-state index in [0.29, 0.717) is 6.20 Å². The van der Waals surface area contributed by atoms with Crippen molar-refractivity contribution < 1.29 is 36.6 Å². The maximum atomic E-state index is 12.5. The first-order valence-electron chi connectivity index (χ1n) is 4.43. The molecule has 1 N–H and O–H groups in total. The molecule has 0 aliphatic heterocycles. The molecule has 0 bridgehead atoms. The molecule has 0 saturated heterocycles. The molecule has 1 rings (SSSR count). The summed E-state index contributed by atoms with van der Waals surface area (Å²) < 4.78 is 65.4. The zero-order valence-electron chi connectivity index (χ0n) is 8.54. The molecule has 1 aromatic rings. The second-order valence-electron chi connectivity index (χ2n) is 3.08. The fourth-order valence-electron chi connectivity index (χ4n) is 1.25. The number of nitrogens with zero attached hydrogens (tertiary/aromatic N) is 1. The van der Waals surface area contributed by atoms with Crippen LogP contribution in [0.3, 0.4) is 0 Å². The zero-order chi connectivity index (χ0) is 13.9. The van der Waals surface area contributed by atoms with Crippen LogP contribution in [0.2, 0.25) is 0 Å². The van der Waals surface area contributed by atoms with Gasteiger partial charge in [0.25, 0.3) is 0 Å². The second kappa shape index (κ2) is 5.15. The van der Waals surface area contributed by atoms with Crippen LogP contribution >= 0.6 is 0 Å². The number of hydrogen-bond acceptors (Lipinski definition) is 3. The van der Waals surface area contributed by atoms with Crippen LogP contribution in [-0.4, -0.2) is 22.7 Å². The molecule has 18 heavy (non-hydrogen) atoms. The number of rotatable bonds is 4. The van der Waals surface area contributed by atoms with Crippen molar-refractivity contribution in [3.05, 3.63) is 23.5 Å². The van der Waals surface area contributed by atoms with Crippen LogP contribution in [0.5, 0.6) is 5.75 Å². The Morgan fingerprint density at radius 3 is 2.50 bits per heavy atom. The van der Waals surface area contributed by atoms with Gasteiger partial charge in [-0.25, -0.2) is 0 Å². The van der Waals surface area contributed by atoms with Gasteiger partial charge in [-0.05, 0) is 6.07 Å². The number of hydrogen-bond donors (Lipinski definition) is 1. The molecule has 0 saturated carbocycles. The Labute approximate surface area is 97.0 Å². The maximum Gasteiger partial charge on any atom is 0.433 e. The van der Waals surface area contributed by atoms with Gasteiger partial charge in [0.05, 0.1) is 6.42 Å². The third-order valence-corrected chi connectivity index (χ3v) is 1.83. The molecule has 0 aliphatic rings. The molecule has 1 aromatic heterocycles. The Morgan fingerprint density at radius 2 is 2.06 bits per heavy atom. The van der Waals surface area contributed by atoms with Crippen LogP contribution in [0.1, 0.15) is 11.3 Å². The quantitative estimate of drug-likeness (QED) is 0.854. The molecule has 0 aromatic carbocycles. The summed E-state index contributed by atoms with van der Waals surface area (Å²) in [5.74, 6) is -2.47. The van der Waals surface area contributed by atoms with Crippen LogP contribution < -0.4 is 4.74 Å². The van der Waals surface area contributed by atoms with E-state index in [1.54, 1.807) is 0 Å². The lowest BCUT2D eigenvalue weighted by Crippen LogP contribution is -2.17. The van der Waals surface area contributed by atoms with Crippen LogP contribution in [0, 0.1) is 0 Å². The summed E-state index contributed by atoms with van der Waals surface area (Å²) in [7, 11) is 0. The fourth-order valence-corrected chi connectivity index (χ4v) is 1.25. The largest absolute Gasteiger partial charge is 0.481 e. The summed E-state index contributed by atoms with van der Waals surface area (Å²) >= 11 is 0. The Morgan fingerprint density at radius 1 is 1.44 bits per heavy atom. The summed E-state index contributed by atoms with van der Waals surface area (Å²) in [6.07, 6.45) is -5.46. The summed E-state index contributed by atoms with van der Waals surface area (Å²) in [5, 5.41) is 8.48. The maximum absolute atomic E-state index is 12.5. The molecule has 0 amide bonds. The number of alkyl halides is 5. The monoisotopic (exact) mass is 271 g/mol. The first kappa shape index (κ1) is 14.1. The predicted octanol–water partition coefficient (Wildman–Crippen LogP) is 2.33. The second-order valence-corrected chi connectivity index (χ2v) is 3.08. The zero-order valence-corrected chi connectivity index (χ0v) is 8.54. The van der Waals surface area contributed by atoms with Gasteiger partial charge in [0.1, 0.15) is 5.75 Å².